The Hall–Kier alpha value is -1.79. The van der Waals surface area contributed by atoms with E-state index in [1.165, 1.54) is 7.11 Å². The molecule has 0 aromatic carbocycles. The third-order valence-corrected chi connectivity index (χ3v) is 3.51. The minimum Gasteiger partial charge on any atom is -0.469 e. The summed E-state index contributed by atoms with van der Waals surface area (Å²) < 4.78 is 42.7. The van der Waals surface area contributed by atoms with Crippen molar-refractivity contribution in [1.29, 1.82) is 0 Å². The molecule has 0 radical (unpaired) electrons. The van der Waals surface area contributed by atoms with Gasteiger partial charge in [0.2, 0.25) is 0 Å². The lowest BCUT2D eigenvalue weighted by Crippen LogP contribution is -2.25. The Morgan fingerprint density at radius 3 is 2.75 bits per heavy atom. The van der Waals surface area contributed by atoms with Gasteiger partial charge in [0.15, 0.2) is 0 Å². The monoisotopic (exact) mass is 288 g/mol. The van der Waals surface area contributed by atoms with Gasteiger partial charge in [0.25, 0.3) is 0 Å². The van der Waals surface area contributed by atoms with Gasteiger partial charge in [0.05, 0.1) is 18.6 Å². The number of hydrogen-bond acceptors (Lipinski definition) is 4. The van der Waals surface area contributed by atoms with Crippen LogP contribution in [0.15, 0.2) is 18.3 Å². The highest BCUT2D eigenvalue weighted by Crippen LogP contribution is 2.33. The van der Waals surface area contributed by atoms with Gasteiger partial charge in [-0.25, -0.2) is 4.98 Å². The smallest absolute Gasteiger partial charge is 0.416 e. The van der Waals surface area contributed by atoms with Crippen LogP contribution in [0.1, 0.15) is 12.5 Å². The van der Waals surface area contributed by atoms with Crippen LogP contribution in [0.3, 0.4) is 0 Å². The molecule has 1 aromatic rings. The van der Waals surface area contributed by atoms with Crippen molar-refractivity contribution in [3.05, 3.63) is 23.9 Å². The van der Waals surface area contributed by atoms with Crippen molar-refractivity contribution in [2.75, 3.05) is 25.1 Å². The second kappa shape index (κ2) is 5.30. The normalized spacial score (nSPS) is 22.9. The van der Waals surface area contributed by atoms with E-state index in [4.69, 9.17) is 4.74 Å². The van der Waals surface area contributed by atoms with Crippen molar-refractivity contribution < 1.29 is 22.7 Å². The number of carbonyl (C=O) groups is 1. The maximum absolute atomic E-state index is 12.7. The molecule has 0 spiro atoms. The topological polar surface area (TPSA) is 42.4 Å². The number of halogens is 3. The maximum atomic E-state index is 12.7. The molecule has 4 nitrogen and oxygen atoms in total. The third-order valence-electron chi connectivity index (χ3n) is 3.51. The second-order valence-electron chi connectivity index (χ2n) is 4.91. The molecule has 0 bridgehead atoms. The molecule has 0 N–H and O–H groups in total. The van der Waals surface area contributed by atoms with Gasteiger partial charge in [0, 0.05) is 19.3 Å². The predicted molar refractivity (Wildman–Crippen MR) is 66.1 cm³/mol. The van der Waals surface area contributed by atoms with E-state index in [0.29, 0.717) is 13.1 Å². The first-order valence-electron chi connectivity index (χ1n) is 6.19. The minimum atomic E-state index is -4.40. The van der Waals surface area contributed by atoms with Crippen molar-refractivity contribution >= 4 is 11.8 Å². The molecule has 1 aliphatic heterocycles. The van der Waals surface area contributed by atoms with Crippen LogP contribution in [-0.2, 0) is 15.7 Å². The highest BCUT2D eigenvalue weighted by Gasteiger charge is 2.37. The van der Waals surface area contributed by atoms with Crippen LogP contribution in [0, 0.1) is 11.8 Å². The first-order valence-corrected chi connectivity index (χ1v) is 6.19. The van der Waals surface area contributed by atoms with Crippen LogP contribution in [0.5, 0.6) is 0 Å². The largest absolute Gasteiger partial charge is 0.469 e. The van der Waals surface area contributed by atoms with Crippen molar-refractivity contribution in [2.45, 2.75) is 13.1 Å². The summed E-state index contributed by atoms with van der Waals surface area (Å²) in [6, 6.07) is 1.94. The number of alkyl halides is 3. The molecule has 2 rings (SSSR count). The Balaban J connectivity index is 2.20. The van der Waals surface area contributed by atoms with Crippen molar-refractivity contribution in [1.82, 2.24) is 4.98 Å². The van der Waals surface area contributed by atoms with E-state index in [0.717, 1.165) is 18.3 Å². The number of methoxy groups -OCH3 is 1. The zero-order valence-electron chi connectivity index (χ0n) is 11.1. The summed E-state index contributed by atoms with van der Waals surface area (Å²) in [6.07, 6.45) is -3.26. The number of pyridine rings is 1. The van der Waals surface area contributed by atoms with E-state index in [9.17, 15) is 18.0 Å². The average Bonchev–Trinajstić information content (AvgIpc) is 2.79. The molecule has 0 aliphatic carbocycles. The van der Waals surface area contributed by atoms with E-state index < -0.39 is 11.7 Å². The maximum Gasteiger partial charge on any atom is 0.416 e. The van der Waals surface area contributed by atoms with Gasteiger partial charge in [0.1, 0.15) is 5.82 Å². The predicted octanol–water partition coefficient (Wildman–Crippen LogP) is 2.35. The molecular formula is C13H15F3N2O2. The molecule has 7 heteroatoms. The quantitative estimate of drug-likeness (QED) is 0.783. The van der Waals surface area contributed by atoms with Gasteiger partial charge in [-0.2, -0.15) is 13.2 Å². The number of carbonyl (C=O) groups excluding carboxylic acids is 1. The molecule has 0 amide bonds. The SMILES string of the molecule is COC(=O)C1CN(c2cc(C(F)(F)F)ccn2)CC1C. The average molecular weight is 288 g/mol. The van der Waals surface area contributed by atoms with Crippen LogP contribution in [-0.4, -0.2) is 31.2 Å². The van der Waals surface area contributed by atoms with E-state index in [2.05, 4.69) is 4.98 Å². The zero-order chi connectivity index (χ0) is 14.9. The second-order valence-corrected chi connectivity index (χ2v) is 4.91. The Morgan fingerprint density at radius 1 is 1.45 bits per heavy atom. The lowest BCUT2D eigenvalue weighted by atomic mass is 9.99. The van der Waals surface area contributed by atoms with Gasteiger partial charge in [-0.1, -0.05) is 6.92 Å². The molecule has 2 heterocycles. The third kappa shape index (κ3) is 2.86. The van der Waals surface area contributed by atoms with Gasteiger partial charge in [-0.3, -0.25) is 4.79 Å². The fourth-order valence-corrected chi connectivity index (χ4v) is 2.38. The number of esters is 1. The number of ether oxygens (including phenoxy) is 1. The summed E-state index contributed by atoms with van der Waals surface area (Å²) in [5, 5.41) is 0. The fraction of sp³-hybridized carbons (Fsp3) is 0.538. The first-order chi connectivity index (χ1) is 9.32. The lowest BCUT2D eigenvalue weighted by Gasteiger charge is -2.18. The molecule has 1 saturated heterocycles. The van der Waals surface area contributed by atoms with Gasteiger partial charge in [-0.05, 0) is 18.1 Å². The Bertz CT molecular complexity index is 505. The van der Waals surface area contributed by atoms with Crippen LogP contribution in [0.4, 0.5) is 19.0 Å². The summed E-state index contributed by atoms with van der Waals surface area (Å²) in [5.41, 5.74) is -0.739. The zero-order valence-corrected chi connectivity index (χ0v) is 11.1. The van der Waals surface area contributed by atoms with Crippen LogP contribution in [0.2, 0.25) is 0 Å². The molecular weight excluding hydrogens is 273 g/mol. The highest BCUT2D eigenvalue weighted by molar-refractivity contribution is 5.74. The van der Waals surface area contributed by atoms with Crippen molar-refractivity contribution in [3.63, 3.8) is 0 Å². The molecule has 2 atom stereocenters. The van der Waals surface area contributed by atoms with Gasteiger partial charge < -0.3 is 9.64 Å². The van der Waals surface area contributed by atoms with E-state index in [1.807, 2.05) is 6.92 Å². The molecule has 110 valence electrons. The Morgan fingerprint density at radius 2 is 2.15 bits per heavy atom. The summed E-state index contributed by atoms with van der Waals surface area (Å²) in [6.45, 7) is 2.67. The summed E-state index contributed by atoms with van der Waals surface area (Å²) in [5.74, 6) is -0.430. The van der Waals surface area contributed by atoms with Gasteiger partial charge >= 0.3 is 12.1 Å². The van der Waals surface area contributed by atoms with Crippen molar-refractivity contribution in [3.8, 4) is 0 Å². The minimum absolute atomic E-state index is 0.0128. The molecule has 1 fully saturated rings. The van der Waals surface area contributed by atoms with E-state index in [-0.39, 0.29) is 23.6 Å². The van der Waals surface area contributed by atoms with Crippen LogP contribution in [0.25, 0.3) is 0 Å². The standard InChI is InChI=1S/C13H15F3N2O2/c1-8-6-18(7-10(8)12(19)20-2)11-5-9(3-4-17-11)13(14,15)16/h3-5,8,10H,6-7H2,1-2H3. The molecule has 1 aliphatic rings. The molecule has 20 heavy (non-hydrogen) atoms. The fourth-order valence-electron chi connectivity index (χ4n) is 2.38. The van der Waals surface area contributed by atoms with Crippen molar-refractivity contribution in [2.24, 2.45) is 11.8 Å². The number of hydrogen-bond donors (Lipinski definition) is 0. The van der Waals surface area contributed by atoms with E-state index in [1.54, 1.807) is 4.90 Å². The molecule has 1 aromatic heterocycles. The highest BCUT2D eigenvalue weighted by atomic mass is 19.4. The molecule has 0 saturated carbocycles. The van der Waals surface area contributed by atoms with Gasteiger partial charge in [-0.15, -0.1) is 0 Å². The summed E-state index contributed by atoms with van der Waals surface area (Å²) in [4.78, 5) is 17.2. The summed E-state index contributed by atoms with van der Waals surface area (Å²) in [7, 11) is 1.31. The Labute approximate surface area is 114 Å². The number of anilines is 1. The van der Waals surface area contributed by atoms with E-state index >= 15 is 0 Å². The van der Waals surface area contributed by atoms with Crippen LogP contribution >= 0.6 is 0 Å². The Kier molecular flexibility index (Phi) is 3.87. The number of aromatic nitrogens is 1. The number of nitrogens with zero attached hydrogens (tertiary/aromatic N) is 2. The summed E-state index contributed by atoms with van der Waals surface area (Å²) >= 11 is 0. The van der Waals surface area contributed by atoms with Crippen LogP contribution < -0.4 is 4.90 Å². The number of rotatable bonds is 2. The first kappa shape index (κ1) is 14.6. The molecule has 2 unspecified atom stereocenters. The lowest BCUT2D eigenvalue weighted by molar-refractivity contribution is -0.145.